The first kappa shape index (κ1) is 68.2. The van der Waals surface area contributed by atoms with Gasteiger partial charge in [-0.25, -0.2) is 4.57 Å². The van der Waals surface area contributed by atoms with Gasteiger partial charge in [-0.15, -0.1) is 0 Å². The molecule has 9 heteroatoms. The Morgan fingerprint density at radius 2 is 0.725 bits per heavy atom. The SMILES string of the molecule is CCCCCCCCCC/C=C\CCCCCCCCCCCCCCCC(=O)OC(COCCCCCCCCCCCCCCCCCCCCCCCCCCC)COP(=O)(O)OCCN. The van der Waals surface area contributed by atoms with Crippen molar-refractivity contribution in [3.63, 3.8) is 0 Å². The first-order valence-electron chi connectivity index (χ1n) is 30.7. The third-order valence-electron chi connectivity index (χ3n) is 13.9. The summed E-state index contributed by atoms with van der Waals surface area (Å²) in [7, 11) is -4.28. The smallest absolute Gasteiger partial charge is 0.457 e. The van der Waals surface area contributed by atoms with Gasteiger partial charge in [-0.2, -0.15) is 0 Å². The first-order chi connectivity index (χ1) is 33.9. The van der Waals surface area contributed by atoms with E-state index in [-0.39, 0.29) is 32.3 Å². The number of carbonyl (C=O) groups excluding carboxylic acids is 1. The lowest BCUT2D eigenvalue weighted by Crippen LogP contribution is -2.28. The maximum Gasteiger partial charge on any atom is 0.472 e. The second kappa shape index (κ2) is 58.1. The van der Waals surface area contributed by atoms with Gasteiger partial charge < -0.3 is 20.1 Å². The van der Waals surface area contributed by atoms with Gasteiger partial charge in [-0.1, -0.05) is 296 Å². The second-order valence-electron chi connectivity index (χ2n) is 20.9. The Morgan fingerprint density at radius 1 is 0.420 bits per heavy atom. The lowest BCUT2D eigenvalue weighted by atomic mass is 10.0. The van der Waals surface area contributed by atoms with Gasteiger partial charge in [0.2, 0.25) is 0 Å². The quantitative estimate of drug-likeness (QED) is 0.0268. The van der Waals surface area contributed by atoms with Crippen molar-refractivity contribution in [1.82, 2.24) is 0 Å². The van der Waals surface area contributed by atoms with Crippen LogP contribution in [0.3, 0.4) is 0 Å². The summed E-state index contributed by atoms with van der Waals surface area (Å²) in [6.45, 7) is 5.02. The highest BCUT2D eigenvalue weighted by Gasteiger charge is 2.25. The van der Waals surface area contributed by atoms with Crippen molar-refractivity contribution in [2.24, 2.45) is 5.73 Å². The van der Waals surface area contributed by atoms with Gasteiger partial charge in [-0.3, -0.25) is 13.8 Å². The first-order valence-corrected chi connectivity index (χ1v) is 32.2. The van der Waals surface area contributed by atoms with E-state index in [1.165, 1.54) is 276 Å². The molecule has 0 aliphatic carbocycles. The number of rotatable bonds is 60. The number of allylic oxidation sites excluding steroid dienone is 2. The molecule has 0 heterocycles. The summed E-state index contributed by atoms with van der Waals surface area (Å²) in [6.07, 6.45) is 68.5. The zero-order valence-corrected chi connectivity index (χ0v) is 47.2. The molecule has 0 radical (unpaired) electrons. The molecular formula is C60H120NO7P. The molecule has 412 valence electrons. The number of hydrogen-bond donors (Lipinski definition) is 2. The number of carbonyl (C=O) groups is 1. The molecule has 0 fully saturated rings. The van der Waals surface area contributed by atoms with Gasteiger partial charge >= 0.3 is 13.8 Å². The lowest BCUT2D eigenvalue weighted by molar-refractivity contribution is -0.154. The van der Waals surface area contributed by atoms with Gasteiger partial charge in [0.05, 0.1) is 19.8 Å². The van der Waals surface area contributed by atoms with E-state index in [0.29, 0.717) is 13.0 Å². The van der Waals surface area contributed by atoms with E-state index in [2.05, 4.69) is 26.0 Å². The van der Waals surface area contributed by atoms with Gasteiger partial charge in [0.25, 0.3) is 0 Å². The van der Waals surface area contributed by atoms with Crippen LogP contribution in [0.15, 0.2) is 12.2 Å². The van der Waals surface area contributed by atoms with Crippen molar-refractivity contribution < 1.29 is 32.8 Å². The molecule has 0 aromatic heterocycles. The summed E-state index contributed by atoms with van der Waals surface area (Å²) in [4.78, 5) is 22.7. The fraction of sp³-hybridized carbons (Fsp3) is 0.950. The van der Waals surface area contributed by atoms with E-state index in [0.717, 1.165) is 32.1 Å². The fourth-order valence-electron chi connectivity index (χ4n) is 9.41. The van der Waals surface area contributed by atoms with E-state index < -0.39 is 13.9 Å². The van der Waals surface area contributed by atoms with Crippen LogP contribution in [0.5, 0.6) is 0 Å². The molecule has 0 aliphatic rings. The highest BCUT2D eigenvalue weighted by molar-refractivity contribution is 7.47. The molecule has 3 N–H and O–H groups in total. The monoisotopic (exact) mass is 998 g/mol. The topological polar surface area (TPSA) is 117 Å². The average Bonchev–Trinajstić information content (AvgIpc) is 3.34. The molecule has 69 heavy (non-hydrogen) atoms. The van der Waals surface area contributed by atoms with Gasteiger partial charge in [-0.05, 0) is 38.5 Å². The zero-order chi connectivity index (χ0) is 50.1. The summed E-state index contributed by atoms with van der Waals surface area (Å²) in [5.41, 5.74) is 5.41. The summed E-state index contributed by atoms with van der Waals surface area (Å²) < 4.78 is 33.8. The predicted octanol–water partition coefficient (Wildman–Crippen LogP) is 19.7. The molecule has 0 aromatic rings. The highest BCUT2D eigenvalue weighted by atomic mass is 31.2. The maximum absolute atomic E-state index is 12.7. The van der Waals surface area contributed by atoms with Crippen LogP contribution in [0.25, 0.3) is 0 Å². The molecule has 0 saturated carbocycles. The van der Waals surface area contributed by atoms with Crippen molar-refractivity contribution >= 4 is 13.8 Å². The van der Waals surface area contributed by atoms with E-state index in [1.807, 2.05) is 0 Å². The van der Waals surface area contributed by atoms with Crippen molar-refractivity contribution in [1.29, 1.82) is 0 Å². The van der Waals surface area contributed by atoms with Crippen molar-refractivity contribution in [3.05, 3.63) is 12.2 Å². The lowest BCUT2D eigenvalue weighted by Gasteiger charge is -2.20. The number of esters is 1. The number of unbranched alkanes of at least 4 members (excludes halogenated alkanes) is 45. The van der Waals surface area contributed by atoms with Gasteiger partial charge in [0.15, 0.2) is 0 Å². The van der Waals surface area contributed by atoms with E-state index in [1.54, 1.807) is 0 Å². The van der Waals surface area contributed by atoms with E-state index in [4.69, 9.17) is 24.3 Å². The van der Waals surface area contributed by atoms with E-state index >= 15 is 0 Å². The molecular weight excluding hydrogens is 878 g/mol. The van der Waals surface area contributed by atoms with Crippen molar-refractivity contribution in [2.75, 3.05) is 33.0 Å². The average molecular weight is 999 g/mol. The van der Waals surface area contributed by atoms with Crippen LogP contribution in [0.1, 0.15) is 328 Å². The van der Waals surface area contributed by atoms with Crippen LogP contribution in [0.2, 0.25) is 0 Å². The normalized spacial score (nSPS) is 13.2. The molecule has 0 amide bonds. The molecule has 0 bridgehead atoms. The Balaban J connectivity index is 3.80. The Kier molecular flexibility index (Phi) is 57.5. The number of phosphoric acid groups is 1. The minimum Gasteiger partial charge on any atom is -0.457 e. The summed E-state index contributed by atoms with van der Waals surface area (Å²) in [6, 6.07) is 0. The molecule has 8 nitrogen and oxygen atoms in total. The minimum absolute atomic E-state index is 0.0910. The fourth-order valence-corrected chi connectivity index (χ4v) is 10.2. The standard InChI is InChI=1S/C60H120NO7P/c1-3-5-7-9-11-13-15-17-19-21-23-25-27-29-31-33-35-37-39-41-43-45-47-49-51-53-60(62)68-59(58-67-69(63,64)66-56-54-61)57-65-55-52-50-48-46-44-42-40-38-36-34-32-30-28-26-24-22-20-18-16-14-12-10-8-6-4-2/h21,23,59H,3-20,22,24-58,61H2,1-2H3,(H,63,64)/b23-21-. The van der Waals surface area contributed by atoms with Crippen molar-refractivity contribution in [3.8, 4) is 0 Å². The highest BCUT2D eigenvalue weighted by Crippen LogP contribution is 2.43. The molecule has 0 aliphatic heterocycles. The Bertz CT molecular complexity index is 1080. The third kappa shape index (κ3) is 58.0. The number of phosphoric ester groups is 1. The third-order valence-corrected chi connectivity index (χ3v) is 14.9. The number of ether oxygens (including phenoxy) is 2. The minimum atomic E-state index is -4.28. The van der Waals surface area contributed by atoms with Crippen LogP contribution in [0, 0.1) is 0 Å². The van der Waals surface area contributed by atoms with Crippen molar-refractivity contribution in [2.45, 2.75) is 335 Å². The number of hydrogen-bond acceptors (Lipinski definition) is 7. The Hall–Kier alpha value is -0.760. The van der Waals surface area contributed by atoms with Crippen LogP contribution in [-0.4, -0.2) is 49.9 Å². The Labute approximate surface area is 430 Å². The molecule has 0 saturated heterocycles. The Morgan fingerprint density at radius 3 is 1.06 bits per heavy atom. The van der Waals surface area contributed by atoms with Crippen LogP contribution in [0.4, 0.5) is 0 Å². The van der Waals surface area contributed by atoms with Crippen LogP contribution < -0.4 is 5.73 Å². The van der Waals surface area contributed by atoms with E-state index in [9.17, 15) is 14.3 Å². The molecule has 2 atom stereocenters. The molecule has 0 aromatic carbocycles. The van der Waals surface area contributed by atoms with Gasteiger partial charge in [0.1, 0.15) is 6.10 Å². The summed E-state index contributed by atoms with van der Waals surface area (Å²) in [5.74, 6) is -0.321. The van der Waals surface area contributed by atoms with Crippen LogP contribution in [-0.2, 0) is 27.9 Å². The number of nitrogens with two attached hydrogens (primary N) is 1. The zero-order valence-electron chi connectivity index (χ0n) is 46.3. The second-order valence-corrected chi connectivity index (χ2v) is 22.4. The predicted molar refractivity (Wildman–Crippen MR) is 298 cm³/mol. The summed E-state index contributed by atoms with van der Waals surface area (Å²) >= 11 is 0. The molecule has 2 unspecified atom stereocenters. The van der Waals surface area contributed by atoms with Crippen LogP contribution >= 0.6 is 7.82 Å². The molecule has 0 spiro atoms. The maximum atomic E-state index is 12.7. The molecule has 0 rings (SSSR count). The summed E-state index contributed by atoms with van der Waals surface area (Å²) in [5, 5.41) is 0. The largest absolute Gasteiger partial charge is 0.472 e. The van der Waals surface area contributed by atoms with Gasteiger partial charge in [0, 0.05) is 19.6 Å².